The second-order valence-electron chi connectivity index (χ2n) is 23.6. The van der Waals surface area contributed by atoms with E-state index in [1.165, 1.54) is 103 Å². The largest absolute Gasteiger partial charge is 0.394 e. The molecule has 3 aliphatic heterocycles. The Bertz CT molecular complexity index is 1780. The Hall–Kier alpha value is -2.51. The van der Waals surface area contributed by atoms with E-state index < -0.39 is 124 Å². The predicted octanol–water partition coefficient (Wildman–Crippen LogP) is 7.60. The fourth-order valence-corrected chi connectivity index (χ4v) is 10.8. The Balaban J connectivity index is 1.49. The molecule has 0 bridgehead atoms. The van der Waals surface area contributed by atoms with E-state index in [0.717, 1.165) is 83.5 Å². The summed E-state index contributed by atoms with van der Waals surface area (Å²) < 4.78 is 34.3. The van der Waals surface area contributed by atoms with E-state index in [2.05, 4.69) is 67.8 Å². The topological polar surface area (TPSA) is 307 Å². The zero-order valence-corrected chi connectivity index (χ0v) is 51.8. The van der Waals surface area contributed by atoms with Gasteiger partial charge in [0.1, 0.15) is 73.2 Å². The Morgan fingerprint density at radius 3 is 1.27 bits per heavy atom. The van der Waals surface area contributed by atoms with E-state index in [1.54, 1.807) is 6.08 Å². The molecule has 12 N–H and O–H groups in total. The second-order valence-corrected chi connectivity index (χ2v) is 23.6. The summed E-state index contributed by atoms with van der Waals surface area (Å²) in [6.45, 7) is 1.67. The quantitative estimate of drug-likeness (QED) is 0.0206. The number of carbonyl (C=O) groups is 1. The molecule has 0 spiro atoms. The summed E-state index contributed by atoms with van der Waals surface area (Å²) in [5.74, 6) is -0.299. The van der Waals surface area contributed by atoms with Crippen LogP contribution in [0.25, 0.3) is 0 Å². The van der Waals surface area contributed by atoms with Gasteiger partial charge in [0, 0.05) is 6.42 Å². The monoisotopic (exact) mass is 1210 g/mol. The van der Waals surface area contributed by atoms with Crippen LogP contribution in [0.3, 0.4) is 0 Å². The molecule has 3 saturated heterocycles. The minimum Gasteiger partial charge on any atom is -0.394 e. The van der Waals surface area contributed by atoms with Gasteiger partial charge in [-0.2, -0.15) is 0 Å². The van der Waals surface area contributed by atoms with Crippen LogP contribution >= 0.6 is 0 Å². The van der Waals surface area contributed by atoms with Crippen molar-refractivity contribution in [3.05, 3.63) is 60.8 Å². The number of amides is 1. The molecule has 1 amide bonds. The third-order valence-corrected chi connectivity index (χ3v) is 16.3. The predicted molar refractivity (Wildman–Crippen MR) is 328 cm³/mol. The molecule has 0 radical (unpaired) electrons. The molecule has 3 fully saturated rings. The maximum atomic E-state index is 13.4. The zero-order chi connectivity index (χ0) is 61.9. The van der Waals surface area contributed by atoms with Crippen LogP contribution in [0.1, 0.15) is 219 Å². The fraction of sp³-hybridized carbons (Fsp3) is 0.833. The van der Waals surface area contributed by atoms with Gasteiger partial charge >= 0.3 is 0 Å². The highest BCUT2D eigenvalue weighted by molar-refractivity contribution is 5.76. The second kappa shape index (κ2) is 48.4. The molecule has 3 aliphatic rings. The van der Waals surface area contributed by atoms with Gasteiger partial charge in [0.15, 0.2) is 18.9 Å². The maximum absolute atomic E-state index is 13.4. The first kappa shape index (κ1) is 76.7. The van der Waals surface area contributed by atoms with E-state index in [-0.39, 0.29) is 18.9 Å². The summed E-state index contributed by atoms with van der Waals surface area (Å²) in [5, 5.41) is 120. The van der Waals surface area contributed by atoms with E-state index in [0.29, 0.717) is 12.8 Å². The van der Waals surface area contributed by atoms with Crippen LogP contribution in [-0.2, 0) is 33.2 Å². The lowest BCUT2D eigenvalue weighted by atomic mass is 9.96. The number of unbranched alkanes of at least 4 members (excludes halogenated alkanes) is 25. The lowest BCUT2D eigenvalue weighted by Crippen LogP contribution is -2.66. The maximum Gasteiger partial charge on any atom is 0.220 e. The van der Waals surface area contributed by atoms with Crippen LogP contribution in [0.2, 0.25) is 0 Å². The smallest absolute Gasteiger partial charge is 0.220 e. The van der Waals surface area contributed by atoms with Crippen LogP contribution in [-0.4, -0.2) is 193 Å². The first-order chi connectivity index (χ1) is 41.3. The highest BCUT2D eigenvalue weighted by Gasteiger charge is 2.53. The number of ether oxygens (including phenoxy) is 6. The Labute approximate surface area is 509 Å². The lowest BCUT2D eigenvalue weighted by molar-refractivity contribution is -0.379. The van der Waals surface area contributed by atoms with Gasteiger partial charge in [-0.3, -0.25) is 4.79 Å². The van der Waals surface area contributed by atoms with Crippen molar-refractivity contribution >= 4 is 5.91 Å². The molecule has 0 aromatic carbocycles. The molecule has 17 unspecified atom stereocenters. The van der Waals surface area contributed by atoms with Gasteiger partial charge in [0.25, 0.3) is 0 Å². The number of nitrogens with one attached hydrogen (secondary N) is 1. The Morgan fingerprint density at radius 2 is 0.788 bits per heavy atom. The molecule has 0 saturated carbocycles. The van der Waals surface area contributed by atoms with Gasteiger partial charge in [-0.05, 0) is 77.0 Å². The SMILES string of the molecule is CCCCC/C=C\C/C=C\CCCCCCCCCC(=O)NC(COC1OC(CO)C(OC2OC(CO)C(OC3OC(CO)C(O)C(O)C3O)C(O)C2O)C(O)C1O)C(O)/C=C/CC/C=C/CC/C=C/CCCCCCCCCCCCCCC. The van der Waals surface area contributed by atoms with Crippen molar-refractivity contribution in [2.45, 2.75) is 324 Å². The molecule has 0 aliphatic carbocycles. The van der Waals surface area contributed by atoms with E-state index >= 15 is 0 Å². The normalized spacial score (nSPS) is 29.4. The molecule has 3 rings (SSSR count). The molecule has 0 aromatic rings. The standard InChI is InChI=1S/C66H117NO18/c1-3-5-7-9-11-13-15-17-19-21-22-23-24-25-26-28-29-31-33-35-37-39-41-43-50(71)49(67-54(72)44-42-40-38-36-34-32-30-27-20-18-16-14-12-10-8-6-4-2)48-80-64-60(78)57(75)62(52(46-69)82-64)85-66-61(79)58(76)63(53(47-70)83-66)84-65-59(77)56(74)55(73)51(45-68)81-65/h12,14,18,20,26,28,33,35,41,43,49-53,55-66,68-71,73-79H,3-11,13,15-17,19,21-25,27,29-32,34,36-40,42,44-48H2,1-2H3,(H,67,72)/b14-12-,20-18-,28-26+,35-33+,43-41+. The van der Waals surface area contributed by atoms with Crippen molar-refractivity contribution in [2.24, 2.45) is 0 Å². The number of carbonyl (C=O) groups excluding carboxylic acids is 1. The average Bonchev–Trinajstić information content (AvgIpc) is 3.10. The molecule has 494 valence electrons. The number of hydrogen-bond acceptors (Lipinski definition) is 18. The highest BCUT2D eigenvalue weighted by Crippen LogP contribution is 2.33. The Morgan fingerprint density at radius 1 is 0.424 bits per heavy atom. The van der Waals surface area contributed by atoms with Crippen molar-refractivity contribution in [3.63, 3.8) is 0 Å². The number of hydrogen-bond donors (Lipinski definition) is 12. The van der Waals surface area contributed by atoms with Crippen molar-refractivity contribution < 1.29 is 89.4 Å². The van der Waals surface area contributed by atoms with Gasteiger partial charge in [0.2, 0.25) is 5.91 Å². The van der Waals surface area contributed by atoms with Crippen LogP contribution in [0.4, 0.5) is 0 Å². The van der Waals surface area contributed by atoms with Gasteiger partial charge in [-0.15, -0.1) is 0 Å². The van der Waals surface area contributed by atoms with Gasteiger partial charge < -0.3 is 89.9 Å². The van der Waals surface area contributed by atoms with Crippen molar-refractivity contribution in [2.75, 3.05) is 26.4 Å². The molecular formula is C66H117NO18. The summed E-state index contributed by atoms with van der Waals surface area (Å²) in [7, 11) is 0. The van der Waals surface area contributed by atoms with Crippen molar-refractivity contribution in [1.29, 1.82) is 0 Å². The molecule has 85 heavy (non-hydrogen) atoms. The van der Waals surface area contributed by atoms with Gasteiger partial charge in [-0.25, -0.2) is 0 Å². The first-order valence-corrected chi connectivity index (χ1v) is 33.0. The van der Waals surface area contributed by atoms with Gasteiger partial charge in [-0.1, -0.05) is 197 Å². The summed E-state index contributed by atoms with van der Waals surface area (Å²) in [6.07, 6.45) is 30.5. The van der Waals surface area contributed by atoms with Gasteiger partial charge in [0.05, 0.1) is 38.6 Å². The zero-order valence-electron chi connectivity index (χ0n) is 51.8. The first-order valence-electron chi connectivity index (χ1n) is 33.0. The minimum atomic E-state index is -1.98. The van der Waals surface area contributed by atoms with E-state index in [4.69, 9.17) is 28.4 Å². The number of allylic oxidation sites excluding steroid dienone is 9. The van der Waals surface area contributed by atoms with Crippen molar-refractivity contribution in [3.8, 4) is 0 Å². The minimum absolute atomic E-state index is 0.221. The molecule has 19 nitrogen and oxygen atoms in total. The van der Waals surface area contributed by atoms with Crippen LogP contribution in [0, 0.1) is 0 Å². The van der Waals surface area contributed by atoms with Crippen LogP contribution in [0.5, 0.6) is 0 Å². The summed E-state index contributed by atoms with van der Waals surface area (Å²) in [4.78, 5) is 13.4. The van der Waals surface area contributed by atoms with E-state index in [1.807, 2.05) is 6.08 Å². The highest BCUT2D eigenvalue weighted by atomic mass is 16.8. The molecule has 0 aromatic heterocycles. The average molecular weight is 1210 g/mol. The number of aliphatic hydroxyl groups is 11. The molecule has 3 heterocycles. The number of rotatable bonds is 49. The van der Waals surface area contributed by atoms with Crippen LogP contribution < -0.4 is 5.32 Å². The summed E-state index contributed by atoms with van der Waals surface area (Å²) >= 11 is 0. The third-order valence-electron chi connectivity index (χ3n) is 16.3. The summed E-state index contributed by atoms with van der Waals surface area (Å²) in [5.41, 5.74) is 0. The third kappa shape index (κ3) is 31.2. The summed E-state index contributed by atoms with van der Waals surface area (Å²) in [6, 6.07) is -1.00. The Kier molecular flexibility index (Phi) is 43.7. The van der Waals surface area contributed by atoms with Crippen molar-refractivity contribution in [1.82, 2.24) is 5.32 Å². The molecular weight excluding hydrogens is 1090 g/mol. The molecule has 19 heteroatoms. The number of aliphatic hydroxyl groups excluding tert-OH is 11. The van der Waals surface area contributed by atoms with Crippen LogP contribution in [0.15, 0.2) is 60.8 Å². The van der Waals surface area contributed by atoms with E-state index in [9.17, 15) is 61.0 Å². The fourth-order valence-electron chi connectivity index (χ4n) is 10.8. The lowest BCUT2D eigenvalue weighted by Gasteiger charge is -2.48. The molecule has 17 atom stereocenters.